The van der Waals surface area contributed by atoms with Crippen molar-refractivity contribution in [3.63, 3.8) is 0 Å². The van der Waals surface area contributed by atoms with Gasteiger partial charge < -0.3 is 49.7 Å². The summed E-state index contributed by atoms with van der Waals surface area (Å²) in [5.74, 6) is -1.58. The van der Waals surface area contributed by atoms with Crippen LogP contribution in [0.4, 0.5) is 0 Å². The molecule has 4 unspecified atom stereocenters. The standard InChI is InChI=1S/C36H60N4O11/c1-24(2)9-10-28-35(5,51-28)34-33(46-6)27(11-13-36(34)23-49-36)50-32(45)8-7-16-47-18-19-48-17-15-38-29(42)12-14-37-21-30(43)40-22-31(44)39-20-26(41)25(3)4/h9,25,27-28,33-34,37H,7-8,10-23H2,1-6H3,(H,38,42)(H,39,44)(H,40,43)/t27?,28-,33?,34?,35?,36+/m1/s1. The fourth-order valence-electron chi connectivity index (χ4n) is 6.39. The minimum Gasteiger partial charge on any atom is -0.460 e. The van der Waals surface area contributed by atoms with Crippen molar-refractivity contribution >= 4 is 29.5 Å². The van der Waals surface area contributed by atoms with Crippen molar-refractivity contribution in [2.45, 2.75) is 103 Å². The van der Waals surface area contributed by atoms with Gasteiger partial charge in [0.05, 0.1) is 58.1 Å². The zero-order chi connectivity index (χ0) is 37.4. The molecule has 1 spiro atoms. The Labute approximate surface area is 301 Å². The van der Waals surface area contributed by atoms with Crippen LogP contribution in [-0.2, 0) is 52.4 Å². The summed E-state index contributed by atoms with van der Waals surface area (Å²) in [4.78, 5) is 59.8. The molecule has 2 aliphatic heterocycles. The average Bonchev–Trinajstić information content (AvgIpc) is 4.01. The summed E-state index contributed by atoms with van der Waals surface area (Å²) in [6.45, 7) is 12.1. The summed E-state index contributed by atoms with van der Waals surface area (Å²) >= 11 is 0. The second-order valence-electron chi connectivity index (χ2n) is 14.2. The molecule has 0 radical (unpaired) electrons. The van der Waals surface area contributed by atoms with Crippen molar-refractivity contribution in [1.82, 2.24) is 21.3 Å². The molecule has 0 aromatic carbocycles. The predicted molar refractivity (Wildman–Crippen MR) is 187 cm³/mol. The summed E-state index contributed by atoms with van der Waals surface area (Å²) < 4.78 is 35.2. The molecule has 4 N–H and O–H groups in total. The van der Waals surface area contributed by atoms with Crippen molar-refractivity contribution in [1.29, 1.82) is 0 Å². The number of hydrogen-bond donors (Lipinski definition) is 4. The third-order valence-corrected chi connectivity index (χ3v) is 9.49. The number of carbonyl (C=O) groups is 5. The minimum atomic E-state index is -0.446. The van der Waals surface area contributed by atoms with Crippen molar-refractivity contribution < 1.29 is 52.4 Å². The molecule has 0 bridgehead atoms. The first-order valence-electron chi connectivity index (χ1n) is 18.2. The Bertz CT molecular complexity index is 1200. The van der Waals surface area contributed by atoms with Gasteiger partial charge in [0.15, 0.2) is 5.78 Å². The summed E-state index contributed by atoms with van der Waals surface area (Å²) in [6.07, 6.45) is 4.89. The smallest absolute Gasteiger partial charge is 0.306 e. The topological polar surface area (TPSA) is 195 Å². The van der Waals surface area contributed by atoms with E-state index >= 15 is 0 Å². The van der Waals surface area contributed by atoms with Gasteiger partial charge in [-0.25, -0.2) is 0 Å². The lowest BCUT2D eigenvalue weighted by Gasteiger charge is -2.42. The van der Waals surface area contributed by atoms with E-state index in [1.54, 1.807) is 21.0 Å². The molecule has 15 heteroatoms. The van der Waals surface area contributed by atoms with Gasteiger partial charge in [0.25, 0.3) is 0 Å². The SMILES string of the molecule is COC1C(OC(=O)CCCOCCOCCNC(=O)CCNCC(=O)NCC(=O)NCC(=O)C(C)C)CC[C@]2(CO2)C1C1(C)O[C@@H]1CC=C(C)C. The van der Waals surface area contributed by atoms with Crippen LogP contribution in [0.5, 0.6) is 0 Å². The van der Waals surface area contributed by atoms with Gasteiger partial charge in [0, 0.05) is 45.6 Å². The molecule has 3 amide bonds. The maximum Gasteiger partial charge on any atom is 0.306 e. The monoisotopic (exact) mass is 724 g/mol. The number of ether oxygens (including phenoxy) is 6. The van der Waals surface area contributed by atoms with Crippen molar-refractivity contribution in [2.75, 3.05) is 72.9 Å². The van der Waals surface area contributed by atoms with Crippen LogP contribution in [0.1, 0.15) is 73.1 Å². The van der Waals surface area contributed by atoms with Crippen LogP contribution in [0, 0.1) is 11.8 Å². The molecular formula is C36H60N4O11. The quantitative estimate of drug-likeness (QED) is 0.0452. The number of epoxide rings is 2. The number of Topliss-reactive ketones (excluding diaryl/α,β-unsaturated/α-hetero) is 1. The lowest BCUT2D eigenvalue weighted by Crippen LogP contribution is -2.55. The lowest BCUT2D eigenvalue weighted by molar-refractivity contribution is -0.172. The highest BCUT2D eigenvalue weighted by atomic mass is 16.6. The number of ketones is 1. The highest BCUT2D eigenvalue weighted by Gasteiger charge is 2.72. The van der Waals surface area contributed by atoms with E-state index in [2.05, 4.69) is 48.1 Å². The molecule has 0 aromatic rings. The van der Waals surface area contributed by atoms with Crippen LogP contribution < -0.4 is 21.3 Å². The van der Waals surface area contributed by atoms with Gasteiger partial charge in [0.2, 0.25) is 17.7 Å². The number of rotatable bonds is 25. The average molecular weight is 725 g/mol. The molecule has 1 aliphatic carbocycles. The van der Waals surface area contributed by atoms with E-state index in [0.717, 1.165) is 12.8 Å². The second kappa shape index (κ2) is 20.9. The van der Waals surface area contributed by atoms with Crippen LogP contribution in [0.15, 0.2) is 11.6 Å². The Balaban J connectivity index is 1.16. The number of allylic oxidation sites excluding steroid dienone is 1. The Morgan fingerprint density at radius 3 is 2.24 bits per heavy atom. The number of amides is 3. The van der Waals surface area contributed by atoms with Gasteiger partial charge in [-0.3, -0.25) is 24.0 Å². The van der Waals surface area contributed by atoms with Gasteiger partial charge in [-0.2, -0.15) is 0 Å². The molecule has 3 rings (SSSR count). The van der Waals surface area contributed by atoms with E-state index < -0.39 is 11.8 Å². The molecule has 1 saturated carbocycles. The van der Waals surface area contributed by atoms with Crippen LogP contribution in [0.2, 0.25) is 0 Å². The first-order valence-corrected chi connectivity index (χ1v) is 18.2. The van der Waals surface area contributed by atoms with E-state index in [9.17, 15) is 24.0 Å². The fourth-order valence-corrected chi connectivity index (χ4v) is 6.39. The third-order valence-electron chi connectivity index (χ3n) is 9.49. The van der Waals surface area contributed by atoms with Crippen LogP contribution >= 0.6 is 0 Å². The van der Waals surface area contributed by atoms with Crippen molar-refractivity contribution in [3.8, 4) is 0 Å². The summed E-state index contributed by atoms with van der Waals surface area (Å²) in [7, 11) is 1.67. The van der Waals surface area contributed by atoms with Crippen LogP contribution in [-0.4, -0.2) is 132 Å². The van der Waals surface area contributed by atoms with E-state index in [4.69, 9.17) is 28.4 Å². The number of esters is 1. The summed E-state index contributed by atoms with van der Waals surface area (Å²) in [5, 5.41) is 10.5. The molecule has 6 atom stereocenters. The Kier molecular flexibility index (Phi) is 17.4. The van der Waals surface area contributed by atoms with Crippen LogP contribution in [0.3, 0.4) is 0 Å². The largest absolute Gasteiger partial charge is 0.460 e. The first kappa shape index (κ1) is 42.5. The fraction of sp³-hybridized carbons (Fsp3) is 0.806. The molecule has 3 fully saturated rings. The summed E-state index contributed by atoms with van der Waals surface area (Å²) in [6, 6.07) is 0. The van der Waals surface area contributed by atoms with Gasteiger partial charge in [-0.15, -0.1) is 0 Å². The number of hydrogen-bond acceptors (Lipinski definition) is 12. The van der Waals surface area contributed by atoms with Gasteiger partial charge in [-0.1, -0.05) is 25.5 Å². The molecule has 2 heterocycles. The second-order valence-corrected chi connectivity index (χ2v) is 14.2. The highest BCUT2D eigenvalue weighted by molar-refractivity contribution is 5.89. The number of methoxy groups -OCH3 is 1. The number of carbonyl (C=O) groups excluding carboxylic acids is 5. The first-order chi connectivity index (χ1) is 24.3. The molecular weight excluding hydrogens is 664 g/mol. The Hall–Kier alpha value is -2.95. The van der Waals surface area contributed by atoms with Gasteiger partial charge in [0.1, 0.15) is 23.4 Å². The van der Waals surface area contributed by atoms with E-state index in [0.29, 0.717) is 52.4 Å². The third kappa shape index (κ3) is 14.2. The molecule has 15 nitrogen and oxygen atoms in total. The molecule has 0 aromatic heterocycles. The predicted octanol–water partition coefficient (Wildman–Crippen LogP) is 0.973. The van der Waals surface area contributed by atoms with E-state index in [1.165, 1.54) is 5.57 Å². The molecule has 3 aliphatic rings. The lowest BCUT2D eigenvalue weighted by atomic mass is 9.68. The van der Waals surface area contributed by atoms with Crippen LogP contribution in [0.25, 0.3) is 0 Å². The highest BCUT2D eigenvalue weighted by Crippen LogP contribution is 2.59. The van der Waals surface area contributed by atoms with Gasteiger partial charge >= 0.3 is 5.97 Å². The zero-order valence-corrected chi connectivity index (χ0v) is 31.3. The molecule has 290 valence electrons. The Morgan fingerprint density at radius 2 is 1.57 bits per heavy atom. The summed E-state index contributed by atoms with van der Waals surface area (Å²) in [5.41, 5.74) is 0.613. The normalized spacial score (nSPS) is 26.3. The van der Waals surface area contributed by atoms with Crippen molar-refractivity contribution in [2.24, 2.45) is 11.8 Å². The van der Waals surface area contributed by atoms with E-state index in [1.807, 2.05) is 0 Å². The zero-order valence-electron chi connectivity index (χ0n) is 31.3. The van der Waals surface area contributed by atoms with E-state index in [-0.39, 0.29) is 98.0 Å². The molecule has 51 heavy (non-hydrogen) atoms. The maximum absolute atomic E-state index is 12.7. The molecule has 2 saturated heterocycles. The number of nitrogens with one attached hydrogen (secondary N) is 4. The van der Waals surface area contributed by atoms with Gasteiger partial charge in [-0.05, 0) is 46.5 Å². The Morgan fingerprint density at radius 1 is 0.882 bits per heavy atom. The minimum absolute atomic E-state index is 0.0145. The van der Waals surface area contributed by atoms with Crippen molar-refractivity contribution in [3.05, 3.63) is 11.6 Å². The maximum atomic E-state index is 12.7.